The molecule has 1 aliphatic heterocycles. The third-order valence-electron chi connectivity index (χ3n) is 5.78. The number of thiophene rings is 1. The first-order chi connectivity index (χ1) is 19.2. The molecule has 11 heteroatoms. The van der Waals surface area contributed by atoms with Crippen LogP contribution in [0.2, 0.25) is 0 Å². The lowest BCUT2D eigenvalue weighted by molar-refractivity contribution is -0.186. The van der Waals surface area contributed by atoms with Gasteiger partial charge in [0.1, 0.15) is 23.8 Å². The molecule has 0 saturated carbocycles. The fourth-order valence-corrected chi connectivity index (χ4v) is 4.72. The normalized spacial score (nSPS) is 15.3. The summed E-state index contributed by atoms with van der Waals surface area (Å²) in [4.78, 5) is 38.1. The molecule has 1 fully saturated rings. The van der Waals surface area contributed by atoms with E-state index in [1.165, 1.54) is 28.4 Å². The number of amides is 2. The summed E-state index contributed by atoms with van der Waals surface area (Å²) < 4.78 is 30.1. The quantitative estimate of drug-likeness (QED) is 0.300. The number of nitrogens with zero attached hydrogens (tertiary/aromatic N) is 2. The maximum atomic E-state index is 13.5. The second-order valence-corrected chi connectivity index (χ2v) is 11.4. The molecule has 0 spiro atoms. The monoisotopic (exact) mass is 571 g/mol. The molecule has 1 unspecified atom stereocenters. The van der Waals surface area contributed by atoms with Crippen molar-refractivity contribution >= 4 is 23.3 Å². The number of carbonyl (C=O) groups is 2. The molecule has 1 aliphatic rings. The zero-order chi connectivity index (χ0) is 28.5. The van der Waals surface area contributed by atoms with Gasteiger partial charge in [0.15, 0.2) is 6.29 Å². The maximum absolute atomic E-state index is 13.5. The van der Waals surface area contributed by atoms with E-state index in [-0.39, 0.29) is 25.6 Å². The summed E-state index contributed by atoms with van der Waals surface area (Å²) in [5, 5.41) is 0. The smallest absolute Gasteiger partial charge is 0.410 e. The third kappa shape index (κ3) is 9.00. The lowest BCUT2D eigenvalue weighted by Crippen LogP contribution is -2.38. The predicted octanol–water partition coefficient (Wildman–Crippen LogP) is 5.95. The third-order valence-corrected chi connectivity index (χ3v) is 6.89. The Hall–Kier alpha value is -3.54. The zero-order valence-corrected chi connectivity index (χ0v) is 23.7. The van der Waals surface area contributed by atoms with E-state index < -0.39 is 23.8 Å². The minimum Gasteiger partial charge on any atom is -0.492 e. The Kier molecular flexibility index (Phi) is 10.1. The van der Waals surface area contributed by atoms with Crippen molar-refractivity contribution in [2.45, 2.75) is 58.5 Å². The van der Waals surface area contributed by atoms with Gasteiger partial charge in [0, 0.05) is 25.3 Å². The van der Waals surface area contributed by atoms with Crippen LogP contribution in [0.5, 0.6) is 5.75 Å². The molecule has 3 heterocycles. The molecule has 214 valence electrons. The topological polar surface area (TPSA) is 99.2 Å². The summed E-state index contributed by atoms with van der Waals surface area (Å²) in [6.45, 7) is 6.66. The highest BCUT2D eigenvalue weighted by molar-refractivity contribution is 7.17. The fraction of sp³-hybridized carbons (Fsp3) is 0.414. The Morgan fingerprint density at radius 3 is 2.73 bits per heavy atom. The Balaban J connectivity index is 1.35. The van der Waals surface area contributed by atoms with Crippen molar-refractivity contribution in [2.75, 3.05) is 19.8 Å². The lowest BCUT2D eigenvalue weighted by Gasteiger charge is -2.27. The van der Waals surface area contributed by atoms with Crippen molar-refractivity contribution in [3.63, 3.8) is 0 Å². The van der Waals surface area contributed by atoms with Gasteiger partial charge in [-0.05, 0) is 69.5 Å². The molecule has 0 radical (unpaired) electrons. The van der Waals surface area contributed by atoms with E-state index in [0.29, 0.717) is 22.9 Å². The van der Waals surface area contributed by atoms with Crippen molar-refractivity contribution in [3.05, 3.63) is 71.0 Å². The van der Waals surface area contributed by atoms with Crippen molar-refractivity contribution in [1.29, 1.82) is 0 Å². The molecule has 9 nitrogen and oxygen atoms in total. The Morgan fingerprint density at radius 2 is 2.02 bits per heavy atom. The van der Waals surface area contributed by atoms with E-state index in [1.807, 2.05) is 18.2 Å². The highest BCUT2D eigenvalue weighted by atomic mass is 32.1. The molecule has 1 aromatic carbocycles. The molecule has 4 rings (SSSR count). The standard InChI is InChI=1S/C29H34FN3O6S/c1-29(2,3)38-28(35)33(14-16-36-22-8-6-7-21(30)17-22)19-20-10-11-23(31-18-20)24-12-13-25(40-24)27(34)32-39-26-9-4-5-15-37-26/h6-8,10-13,17-18,26H,4-5,9,14-16,19H2,1-3H3,(H,32,34). The molecule has 0 aliphatic carbocycles. The number of halogens is 1. The SMILES string of the molecule is CC(C)(C)OC(=O)N(CCOc1cccc(F)c1)Cc1ccc(-c2ccc(C(=O)NOC3CCCCO3)s2)nc1. The van der Waals surface area contributed by atoms with Gasteiger partial charge in [-0.3, -0.25) is 9.78 Å². The minimum absolute atomic E-state index is 0.158. The van der Waals surface area contributed by atoms with E-state index in [4.69, 9.17) is 19.0 Å². The van der Waals surface area contributed by atoms with Crippen LogP contribution in [0.4, 0.5) is 9.18 Å². The minimum atomic E-state index is -0.668. The Morgan fingerprint density at radius 1 is 1.18 bits per heavy atom. The Bertz CT molecular complexity index is 1270. The number of nitrogens with one attached hydrogen (secondary N) is 1. The highest BCUT2D eigenvalue weighted by Crippen LogP contribution is 2.27. The van der Waals surface area contributed by atoms with Crippen molar-refractivity contribution in [1.82, 2.24) is 15.4 Å². The highest BCUT2D eigenvalue weighted by Gasteiger charge is 2.23. The largest absolute Gasteiger partial charge is 0.492 e. The molecule has 3 aromatic rings. The van der Waals surface area contributed by atoms with E-state index in [0.717, 1.165) is 29.7 Å². The summed E-state index contributed by atoms with van der Waals surface area (Å²) >= 11 is 1.30. The summed E-state index contributed by atoms with van der Waals surface area (Å²) in [5.74, 6) is -0.350. The van der Waals surface area contributed by atoms with E-state index in [9.17, 15) is 14.0 Å². The number of carbonyl (C=O) groups excluding carboxylic acids is 2. The number of ether oxygens (including phenoxy) is 3. The summed E-state index contributed by atoms with van der Waals surface area (Å²) in [6, 6.07) is 13.1. The summed E-state index contributed by atoms with van der Waals surface area (Å²) in [6.07, 6.45) is 3.52. The number of rotatable bonds is 10. The molecule has 1 N–H and O–H groups in total. The number of hydrogen-bond acceptors (Lipinski definition) is 8. The Labute approximate surface area is 237 Å². The van der Waals surface area contributed by atoms with Crippen molar-refractivity contribution in [3.8, 4) is 16.3 Å². The average molecular weight is 572 g/mol. The van der Waals surface area contributed by atoms with E-state index in [2.05, 4.69) is 10.5 Å². The molecule has 1 saturated heterocycles. The van der Waals surface area contributed by atoms with Crippen LogP contribution in [-0.2, 0) is 20.9 Å². The zero-order valence-electron chi connectivity index (χ0n) is 22.9. The van der Waals surface area contributed by atoms with Crippen LogP contribution < -0.4 is 10.2 Å². The lowest BCUT2D eigenvalue weighted by atomic mass is 10.2. The van der Waals surface area contributed by atoms with Gasteiger partial charge in [0.05, 0.1) is 28.5 Å². The van der Waals surface area contributed by atoms with Crippen LogP contribution in [0.15, 0.2) is 54.7 Å². The first-order valence-electron chi connectivity index (χ1n) is 13.2. The maximum Gasteiger partial charge on any atom is 0.410 e. The fourth-order valence-electron chi connectivity index (χ4n) is 3.85. The first kappa shape index (κ1) is 29.4. The van der Waals surface area contributed by atoms with Crippen LogP contribution in [0.1, 0.15) is 55.3 Å². The number of benzene rings is 1. The van der Waals surface area contributed by atoms with Gasteiger partial charge >= 0.3 is 6.09 Å². The summed E-state index contributed by atoms with van der Waals surface area (Å²) in [7, 11) is 0. The van der Waals surface area contributed by atoms with Gasteiger partial charge < -0.3 is 19.1 Å². The van der Waals surface area contributed by atoms with E-state index >= 15 is 0 Å². The van der Waals surface area contributed by atoms with Gasteiger partial charge in [-0.2, -0.15) is 0 Å². The van der Waals surface area contributed by atoms with Gasteiger partial charge in [0.25, 0.3) is 5.91 Å². The van der Waals surface area contributed by atoms with Crippen molar-refractivity contribution in [2.24, 2.45) is 0 Å². The molecular weight excluding hydrogens is 537 g/mol. The van der Waals surface area contributed by atoms with Crippen LogP contribution in [0.25, 0.3) is 10.6 Å². The van der Waals surface area contributed by atoms with E-state index in [1.54, 1.807) is 45.2 Å². The molecular formula is C29H34FN3O6S. The summed E-state index contributed by atoms with van der Waals surface area (Å²) in [5.41, 5.74) is 3.29. The number of aromatic nitrogens is 1. The average Bonchev–Trinajstić information content (AvgIpc) is 3.42. The van der Waals surface area contributed by atoms with Gasteiger partial charge in [-0.15, -0.1) is 11.3 Å². The van der Waals surface area contributed by atoms with Gasteiger partial charge in [0.2, 0.25) is 0 Å². The van der Waals surface area contributed by atoms with Crippen molar-refractivity contribution < 1.29 is 33.0 Å². The van der Waals surface area contributed by atoms with Crippen LogP contribution in [0, 0.1) is 5.82 Å². The van der Waals surface area contributed by atoms with Crippen LogP contribution >= 0.6 is 11.3 Å². The van der Waals surface area contributed by atoms with Gasteiger partial charge in [-0.25, -0.2) is 19.5 Å². The molecule has 0 bridgehead atoms. The molecule has 2 aromatic heterocycles. The second-order valence-electron chi connectivity index (χ2n) is 10.3. The van der Waals surface area contributed by atoms with Crippen LogP contribution in [0.3, 0.4) is 0 Å². The second kappa shape index (κ2) is 13.7. The molecule has 1 atom stereocenters. The number of hydroxylamine groups is 1. The van der Waals surface area contributed by atoms with Crippen LogP contribution in [-0.4, -0.2) is 53.5 Å². The van der Waals surface area contributed by atoms with Gasteiger partial charge in [-0.1, -0.05) is 12.1 Å². The molecule has 2 amide bonds. The first-order valence-corrected chi connectivity index (χ1v) is 14.0. The predicted molar refractivity (Wildman–Crippen MR) is 148 cm³/mol. The number of pyridine rings is 1. The molecule has 40 heavy (non-hydrogen) atoms. The number of hydrogen-bond donors (Lipinski definition) is 1.